The zero-order valence-electron chi connectivity index (χ0n) is 14.7. The van der Waals surface area contributed by atoms with Gasteiger partial charge in [0.05, 0.1) is 6.54 Å². The molecule has 1 saturated heterocycles. The summed E-state index contributed by atoms with van der Waals surface area (Å²) in [6.07, 6.45) is -0.582. The Morgan fingerprint density at radius 3 is 2.36 bits per heavy atom. The Bertz CT molecular complexity index is 679. The van der Waals surface area contributed by atoms with E-state index in [1.807, 2.05) is 0 Å². The van der Waals surface area contributed by atoms with Crippen LogP contribution >= 0.6 is 0 Å². The highest BCUT2D eigenvalue weighted by atomic mass is 16.7. The second kappa shape index (κ2) is 6.62. The van der Waals surface area contributed by atoms with E-state index in [1.165, 1.54) is 31.2 Å². The summed E-state index contributed by atoms with van der Waals surface area (Å²) in [5, 5.41) is 13.0. The van der Waals surface area contributed by atoms with Gasteiger partial charge in [-0.25, -0.2) is 4.79 Å². The van der Waals surface area contributed by atoms with Crippen molar-refractivity contribution in [3.8, 4) is 5.75 Å². The third-order valence-corrected chi connectivity index (χ3v) is 3.59. The standard InChI is InChI=1S/C17H22N2O6/c1-11(20)25-19-10-9-17(14(19)22,12-5-7-13(21)8-6-12)18-15(23)24-16(2,3)4/h5-8,21H,9-10H2,1-4H3,(H,18,23). The van der Waals surface area contributed by atoms with Crippen molar-refractivity contribution < 1.29 is 29.1 Å². The van der Waals surface area contributed by atoms with Gasteiger partial charge in [-0.1, -0.05) is 12.1 Å². The van der Waals surface area contributed by atoms with Gasteiger partial charge in [0, 0.05) is 13.3 Å². The van der Waals surface area contributed by atoms with Crippen molar-refractivity contribution in [1.29, 1.82) is 0 Å². The Morgan fingerprint density at radius 2 is 1.84 bits per heavy atom. The molecule has 0 spiro atoms. The van der Waals surface area contributed by atoms with Crippen LogP contribution in [0.1, 0.15) is 39.7 Å². The molecule has 0 saturated carbocycles. The topological polar surface area (TPSA) is 105 Å². The van der Waals surface area contributed by atoms with Crippen molar-refractivity contribution >= 4 is 18.0 Å². The van der Waals surface area contributed by atoms with Crippen LogP contribution in [-0.2, 0) is 24.7 Å². The van der Waals surface area contributed by atoms with Gasteiger partial charge in [0.2, 0.25) is 0 Å². The molecule has 1 fully saturated rings. The Kier molecular flexibility index (Phi) is 4.92. The Labute approximate surface area is 145 Å². The molecule has 1 heterocycles. The summed E-state index contributed by atoms with van der Waals surface area (Å²) in [4.78, 5) is 41.2. The van der Waals surface area contributed by atoms with Crippen LogP contribution in [0.15, 0.2) is 24.3 Å². The lowest BCUT2D eigenvalue weighted by Crippen LogP contribution is -2.52. The Balaban J connectivity index is 2.36. The summed E-state index contributed by atoms with van der Waals surface area (Å²) in [7, 11) is 0. The number of phenols is 1. The van der Waals surface area contributed by atoms with Gasteiger partial charge in [0.25, 0.3) is 5.91 Å². The van der Waals surface area contributed by atoms with E-state index >= 15 is 0 Å². The number of nitrogens with zero attached hydrogens (tertiary/aromatic N) is 1. The van der Waals surface area contributed by atoms with E-state index in [0.29, 0.717) is 5.56 Å². The summed E-state index contributed by atoms with van der Waals surface area (Å²) in [5.41, 5.74) is -1.72. The third-order valence-electron chi connectivity index (χ3n) is 3.59. The molecule has 1 atom stereocenters. The number of ether oxygens (including phenoxy) is 1. The fraction of sp³-hybridized carbons (Fsp3) is 0.471. The largest absolute Gasteiger partial charge is 0.508 e. The smallest absolute Gasteiger partial charge is 0.408 e. The fourth-order valence-electron chi connectivity index (χ4n) is 2.61. The molecule has 136 valence electrons. The first-order chi connectivity index (χ1) is 11.5. The minimum absolute atomic E-state index is 0.0263. The number of benzene rings is 1. The molecule has 1 aromatic carbocycles. The monoisotopic (exact) mass is 350 g/mol. The van der Waals surface area contributed by atoms with E-state index in [2.05, 4.69) is 5.32 Å². The highest BCUT2D eigenvalue weighted by molar-refractivity contribution is 5.93. The molecular weight excluding hydrogens is 328 g/mol. The molecular formula is C17H22N2O6. The maximum absolute atomic E-state index is 12.9. The van der Waals surface area contributed by atoms with E-state index in [1.54, 1.807) is 20.8 Å². The predicted octanol–water partition coefficient (Wildman–Crippen LogP) is 1.82. The molecule has 2 rings (SSSR count). The summed E-state index contributed by atoms with van der Waals surface area (Å²) < 4.78 is 5.26. The molecule has 0 aliphatic carbocycles. The normalized spacial score (nSPS) is 20.3. The van der Waals surface area contributed by atoms with Crippen molar-refractivity contribution in [2.24, 2.45) is 0 Å². The minimum atomic E-state index is -1.44. The quantitative estimate of drug-likeness (QED) is 0.861. The third kappa shape index (κ3) is 4.20. The molecule has 2 amide bonds. The number of phenolic OH excluding ortho intramolecular Hbond substituents is 1. The molecule has 25 heavy (non-hydrogen) atoms. The van der Waals surface area contributed by atoms with E-state index in [-0.39, 0.29) is 18.7 Å². The Morgan fingerprint density at radius 1 is 1.24 bits per heavy atom. The van der Waals surface area contributed by atoms with E-state index in [9.17, 15) is 19.5 Å². The summed E-state index contributed by atoms with van der Waals surface area (Å²) in [6, 6.07) is 5.88. The number of hydrogen-bond acceptors (Lipinski definition) is 6. The molecule has 2 N–H and O–H groups in total. The van der Waals surface area contributed by atoms with E-state index < -0.39 is 29.1 Å². The predicted molar refractivity (Wildman–Crippen MR) is 87.3 cm³/mol. The van der Waals surface area contributed by atoms with Crippen LogP contribution < -0.4 is 5.32 Å². The van der Waals surface area contributed by atoms with Crippen LogP contribution in [0.3, 0.4) is 0 Å². The Hall–Kier alpha value is -2.77. The van der Waals surface area contributed by atoms with Crippen molar-refractivity contribution in [2.45, 2.75) is 45.3 Å². The molecule has 8 nitrogen and oxygen atoms in total. The van der Waals surface area contributed by atoms with Gasteiger partial charge in [-0.15, -0.1) is 0 Å². The second-order valence-corrected chi connectivity index (χ2v) is 6.82. The van der Waals surface area contributed by atoms with Gasteiger partial charge in [-0.2, -0.15) is 5.06 Å². The van der Waals surface area contributed by atoms with Crippen LogP contribution in [-0.4, -0.2) is 40.3 Å². The van der Waals surface area contributed by atoms with Gasteiger partial charge in [0.15, 0.2) is 5.54 Å². The molecule has 8 heteroatoms. The number of carbonyl (C=O) groups excluding carboxylic acids is 3. The van der Waals surface area contributed by atoms with Gasteiger partial charge in [-0.05, 0) is 38.5 Å². The number of nitrogens with one attached hydrogen (secondary N) is 1. The zero-order chi connectivity index (χ0) is 18.8. The summed E-state index contributed by atoms with van der Waals surface area (Å²) >= 11 is 0. The van der Waals surface area contributed by atoms with Crippen molar-refractivity contribution in [3.63, 3.8) is 0 Å². The van der Waals surface area contributed by atoms with Gasteiger partial charge >= 0.3 is 12.1 Å². The van der Waals surface area contributed by atoms with Crippen molar-refractivity contribution in [3.05, 3.63) is 29.8 Å². The molecule has 1 aliphatic heterocycles. The lowest BCUT2D eigenvalue weighted by atomic mass is 9.88. The molecule has 1 aliphatic rings. The van der Waals surface area contributed by atoms with Gasteiger partial charge < -0.3 is 20.0 Å². The average molecular weight is 350 g/mol. The number of hydrogen-bond donors (Lipinski definition) is 2. The van der Waals surface area contributed by atoms with E-state index in [4.69, 9.17) is 9.57 Å². The van der Waals surface area contributed by atoms with Crippen LogP contribution in [0.4, 0.5) is 4.79 Å². The van der Waals surface area contributed by atoms with E-state index in [0.717, 1.165) is 5.06 Å². The highest BCUT2D eigenvalue weighted by Crippen LogP contribution is 2.35. The van der Waals surface area contributed by atoms with Crippen molar-refractivity contribution in [2.75, 3.05) is 6.54 Å². The number of amides is 2. The molecule has 0 aromatic heterocycles. The maximum atomic E-state index is 12.9. The highest BCUT2D eigenvalue weighted by Gasteiger charge is 2.51. The molecule has 0 bridgehead atoms. The van der Waals surface area contributed by atoms with Gasteiger partial charge in [-0.3, -0.25) is 9.59 Å². The lowest BCUT2D eigenvalue weighted by molar-refractivity contribution is -0.192. The SMILES string of the molecule is CC(=O)ON1CCC(NC(=O)OC(C)(C)C)(c2ccc(O)cc2)C1=O. The molecule has 0 radical (unpaired) electrons. The van der Waals surface area contributed by atoms with Crippen LogP contribution in [0.25, 0.3) is 0 Å². The average Bonchev–Trinajstić information content (AvgIpc) is 2.75. The second-order valence-electron chi connectivity index (χ2n) is 6.82. The van der Waals surface area contributed by atoms with Crippen LogP contribution in [0.5, 0.6) is 5.75 Å². The summed E-state index contributed by atoms with van der Waals surface area (Å²) in [5.74, 6) is -1.19. The fourth-order valence-corrected chi connectivity index (χ4v) is 2.61. The summed E-state index contributed by atoms with van der Waals surface area (Å²) in [6.45, 7) is 6.44. The number of alkyl carbamates (subject to hydrolysis) is 1. The van der Waals surface area contributed by atoms with Crippen LogP contribution in [0.2, 0.25) is 0 Å². The maximum Gasteiger partial charge on any atom is 0.408 e. The molecule has 1 unspecified atom stereocenters. The zero-order valence-corrected chi connectivity index (χ0v) is 14.7. The first-order valence-corrected chi connectivity index (χ1v) is 7.85. The minimum Gasteiger partial charge on any atom is -0.508 e. The van der Waals surface area contributed by atoms with Gasteiger partial charge in [0.1, 0.15) is 11.4 Å². The lowest BCUT2D eigenvalue weighted by Gasteiger charge is -2.30. The molecule has 1 aromatic rings. The first kappa shape index (κ1) is 18.6. The number of hydroxylamine groups is 2. The number of carbonyl (C=O) groups is 3. The van der Waals surface area contributed by atoms with Crippen molar-refractivity contribution in [1.82, 2.24) is 10.4 Å². The van der Waals surface area contributed by atoms with Crippen LogP contribution in [0, 0.1) is 0 Å². The first-order valence-electron chi connectivity index (χ1n) is 7.85. The number of aromatic hydroxyl groups is 1. The number of rotatable bonds is 3.